The van der Waals surface area contributed by atoms with Crippen LogP contribution in [0.15, 0.2) is 69.2 Å². The van der Waals surface area contributed by atoms with Crippen molar-refractivity contribution in [3.63, 3.8) is 0 Å². The molecule has 3 aromatic rings. The first-order valence-corrected chi connectivity index (χ1v) is 15.6. The highest BCUT2D eigenvalue weighted by Gasteiger charge is 2.79. The maximum atomic E-state index is 14.4. The largest absolute Gasteiger partial charge is 0.462 e. The van der Waals surface area contributed by atoms with Crippen molar-refractivity contribution in [2.24, 2.45) is 0 Å². The van der Waals surface area contributed by atoms with E-state index in [4.69, 9.17) is 4.42 Å². The third kappa shape index (κ3) is 8.32. The van der Waals surface area contributed by atoms with Crippen molar-refractivity contribution in [3.05, 3.63) is 76.7 Å². The molecule has 0 radical (unpaired) electrons. The van der Waals surface area contributed by atoms with Crippen molar-refractivity contribution in [3.8, 4) is 11.1 Å². The predicted octanol–water partition coefficient (Wildman–Crippen LogP) is 10.0. The number of unbranched alkanes of at least 4 members (excludes halogenated alkanes) is 3. The Hall–Kier alpha value is -3.35. The zero-order valence-electron chi connectivity index (χ0n) is 25.3. The molecule has 0 unspecified atom stereocenters. The van der Waals surface area contributed by atoms with Crippen molar-refractivity contribution in [1.82, 2.24) is 0 Å². The second-order valence-electron chi connectivity index (χ2n) is 10.9. The van der Waals surface area contributed by atoms with Crippen molar-refractivity contribution >= 4 is 28.7 Å². The molecule has 3 rings (SSSR count). The van der Waals surface area contributed by atoms with Gasteiger partial charge in [0.2, 0.25) is 0 Å². The second-order valence-corrected chi connectivity index (χ2v) is 12.1. The van der Waals surface area contributed by atoms with E-state index in [1.807, 2.05) is 25.1 Å². The molecule has 0 N–H and O–H groups in total. The number of hydrogen-bond acceptors (Lipinski definition) is 5. The summed E-state index contributed by atoms with van der Waals surface area (Å²) in [7, 11) is 0. The zero-order valence-corrected chi connectivity index (χ0v) is 26.1. The first-order valence-electron chi connectivity index (χ1n) is 14.6. The summed E-state index contributed by atoms with van der Waals surface area (Å²) in [5, 5.41) is 0.486. The number of halogens is 8. The molecule has 0 saturated carbocycles. The molecule has 0 atom stereocenters. The molecule has 0 aliphatic carbocycles. The van der Waals surface area contributed by atoms with E-state index in [0.717, 1.165) is 43.2 Å². The molecule has 0 fully saturated rings. The lowest BCUT2D eigenvalue weighted by molar-refractivity contribution is -0.367. The Bertz CT molecular complexity index is 1590. The van der Waals surface area contributed by atoms with E-state index in [-0.39, 0.29) is 10.5 Å². The molecule has 252 valence electrons. The molecular weight excluding hydrogens is 644 g/mol. The summed E-state index contributed by atoms with van der Waals surface area (Å²) >= 11 is 0.561. The zero-order chi connectivity index (χ0) is 34.3. The first-order chi connectivity index (χ1) is 21.5. The van der Waals surface area contributed by atoms with Gasteiger partial charge in [0, 0.05) is 28.5 Å². The number of esters is 1. The number of aryl methyl sites for hydroxylation is 2. The molecule has 0 aliphatic heterocycles. The minimum absolute atomic E-state index is 0.0735. The van der Waals surface area contributed by atoms with Crippen LogP contribution in [0.5, 0.6) is 0 Å². The van der Waals surface area contributed by atoms with Gasteiger partial charge in [-0.1, -0.05) is 57.0 Å². The van der Waals surface area contributed by atoms with E-state index in [1.54, 1.807) is 6.07 Å². The third-order valence-corrected chi connectivity index (χ3v) is 8.43. The Morgan fingerprint density at radius 2 is 1.57 bits per heavy atom. The Morgan fingerprint density at radius 1 is 0.891 bits per heavy atom. The Labute approximate surface area is 265 Å². The van der Waals surface area contributed by atoms with E-state index in [2.05, 4.69) is 18.2 Å². The van der Waals surface area contributed by atoms with Crippen molar-refractivity contribution in [2.45, 2.75) is 87.4 Å². The number of thioether (sulfide) groups is 1. The second kappa shape index (κ2) is 15.0. The monoisotopic (exact) mass is 678 g/mol. The number of benzene rings is 2. The number of rotatable bonds is 17. The van der Waals surface area contributed by atoms with Crippen LogP contribution in [0, 0.1) is 6.92 Å². The fraction of sp³-hybridized carbons (Fsp3) is 0.455. The van der Waals surface area contributed by atoms with Crippen molar-refractivity contribution in [1.29, 1.82) is 0 Å². The van der Waals surface area contributed by atoms with Gasteiger partial charge >= 0.3 is 35.3 Å². The first kappa shape index (κ1) is 37.1. The van der Waals surface area contributed by atoms with Crippen molar-refractivity contribution in [2.75, 3.05) is 12.4 Å². The molecular formula is C33H34F8O4S. The minimum atomic E-state index is -6.47. The van der Waals surface area contributed by atoms with Gasteiger partial charge in [0.1, 0.15) is 5.58 Å². The van der Waals surface area contributed by atoms with Crippen LogP contribution in [0.2, 0.25) is 0 Å². The maximum absolute atomic E-state index is 14.4. The summed E-state index contributed by atoms with van der Waals surface area (Å²) in [5.41, 5.74) is 2.42. The molecule has 1 aromatic heterocycles. The smallest absolute Gasteiger partial charge is 0.378 e. The number of ether oxygens (including phenoxy) is 1. The SMILES string of the molecule is C=CC(=O)OCCC(F)(F)C(F)(F)C(F)(F)C(F)(F)CCSc1ccc2cc(-c3ccc(CCCCCC)cc3C)c(=O)oc2c1. The van der Waals surface area contributed by atoms with Crippen LogP contribution in [0.3, 0.4) is 0 Å². The lowest BCUT2D eigenvalue weighted by atomic mass is 9.95. The maximum Gasteiger partial charge on any atom is 0.378 e. The standard InChI is InChI=1S/C33H34F8O4S/c1-4-6-7-8-9-22-10-13-25(21(3)18-22)26-19-23-11-12-24(20-27(23)45-29(26)43)46-17-15-31(36,37)33(40,41)32(38,39)30(34,35)14-16-44-28(42)5-2/h5,10-13,18-20H,2,4,6-9,14-17H2,1,3H3. The number of hydrogen-bond donors (Lipinski definition) is 0. The van der Waals surface area contributed by atoms with Crippen LogP contribution in [0.25, 0.3) is 22.1 Å². The molecule has 2 aromatic carbocycles. The summed E-state index contributed by atoms with van der Waals surface area (Å²) in [6, 6.07) is 11.7. The highest BCUT2D eigenvalue weighted by Crippen LogP contribution is 2.54. The Morgan fingerprint density at radius 3 is 2.20 bits per heavy atom. The van der Waals surface area contributed by atoms with Gasteiger partial charge in [-0.3, -0.25) is 0 Å². The number of alkyl halides is 8. The molecule has 4 nitrogen and oxygen atoms in total. The topological polar surface area (TPSA) is 56.5 Å². The lowest BCUT2D eigenvalue weighted by Gasteiger charge is -2.36. The Kier molecular flexibility index (Phi) is 12.1. The lowest BCUT2D eigenvalue weighted by Crippen LogP contribution is -2.62. The normalized spacial score (nSPS) is 12.8. The fourth-order valence-electron chi connectivity index (χ4n) is 4.72. The van der Waals surface area contributed by atoms with E-state index in [1.165, 1.54) is 18.2 Å². The molecule has 13 heteroatoms. The number of carbonyl (C=O) groups is 1. The number of fused-ring (bicyclic) bond motifs is 1. The van der Waals surface area contributed by atoms with Crippen LogP contribution >= 0.6 is 11.8 Å². The van der Waals surface area contributed by atoms with Gasteiger partial charge in [0.15, 0.2) is 0 Å². The predicted molar refractivity (Wildman–Crippen MR) is 161 cm³/mol. The molecule has 0 amide bonds. The summed E-state index contributed by atoms with van der Waals surface area (Å²) in [4.78, 5) is 23.9. The van der Waals surface area contributed by atoms with E-state index in [0.29, 0.717) is 34.4 Å². The van der Waals surface area contributed by atoms with Gasteiger partial charge in [-0.2, -0.15) is 35.1 Å². The summed E-state index contributed by atoms with van der Waals surface area (Å²) in [6.45, 7) is 5.54. The fourth-order valence-corrected chi connectivity index (χ4v) is 5.67. The van der Waals surface area contributed by atoms with Crippen LogP contribution < -0.4 is 5.63 Å². The molecule has 0 saturated heterocycles. The number of carbonyl (C=O) groups excluding carboxylic acids is 1. The third-order valence-electron chi connectivity index (χ3n) is 7.43. The van der Waals surface area contributed by atoms with Crippen LogP contribution in [0.4, 0.5) is 35.1 Å². The molecule has 46 heavy (non-hydrogen) atoms. The van der Waals surface area contributed by atoms with Gasteiger partial charge in [0.25, 0.3) is 0 Å². The summed E-state index contributed by atoms with van der Waals surface area (Å²) in [5.74, 6) is -26.2. The van der Waals surface area contributed by atoms with E-state index in [9.17, 15) is 44.7 Å². The highest BCUT2D eigenvalue weighted by molar-refractivity contribution is 7.99. The van der Waals surface area contributed by atoms with E-state index < -0.39 is 60.5 Å². The highest BCUT2D eigenvalue weighted by atomic mass is 32.2. The van der Waals surface area contributed by atoms with Gasteiger partial charge in [-0.15, -0.1) is 11.8 Å². The Balaban J connectivity index is 1.70. The molecule has 0 aliphatic rings. The average Bonchev–Trinajstić information content (AvgIpc) is 2.98. The van der Waals surface area contributed by atoms with Gasteiger partial charge in [-0.05, 0) is 54.7 Å². The quantitative estimate of drug-likeness (QED) is 0.0355. The molecule has 0 spiro atoms. The van der Waals surface area contributed by atoms with Gasteiger partial charge < -0.3 is 9.15 Å². The van der Waals surface area contributed by atoms with Crippen molar-refractivity contribution < 1.29 is 49.1 Å². The van der Waals surface area contributed by atoms with Crippen LogP contribution in [0.1, 0.15) is 56.6 Å². The minimum Gasteiger partial charge on any atom is -0.462 e. The average molecular weight is 679 g/mol. The van der Waals surface area contributed by atoms with Crippen LogP contribution in [-0.2, 0) is 16.0 Å². The molecule has 0 bridgehead atoms. The summed E-state index contributed by atoms with van der Waals surface area (Å²) < 4.78 is 123. The van der Waals surface area contributed by atoms with E-state index >= 15 is 0 Å². The summed E-state index contributed by atoms with van der Waals surface area (Å²) in [6.07, 6.45) is 1.94. The molecule has 1 heterocycles. The van der Waals surface area contributed by atoms with Crippen LogP contribution in [-0.4, -0.2) is 42.0 Å². The van der Waals surface area contributed by atoms with Gasteiger partial charge in [-0.25, -0.2) is 9.59 Å². The van der Waals surface area contributed by atoms with Gasteiger partial charge in [0.05, 0.1) is 18.6 Å².